The van der Waals surface area contributed by atoms with Crippen LogP contribution in [0.2, 0.25) is 0 Å². The molecule has 104 valence electrons. The lowest BCUT2D eigenvalue weighted by molar-refractivity contribution is -0.117. The van der Waals surface area contributed by atoms with E-state index >= 15 is 0 Å². The van der Waals surface area contributed by atoms with Crippen molar-refractivity contribution < 1.29 is 9.90 Å². The van der Waals surface area contributed by atoms with Crippen LogP contribution in [0, 0.1) is 5.92 Å². The lowest BCUT2D eigenvalue weighted by Crippen LogP contribution is -2.33. The molecule has 0 aliphatic carbocycles. The maximum absolute atomic E-state index is 12.1. The number of anilines is 1. The SMILES string of the molecule is CC1C(CO)CC(=O)N1c1ccc(C(C)(C)C)cc1. The van der Waals surface area contributed by atoms with E-state index in [0.717, 1.165) is 5.69 Å². The zero-order chi connectivity index (χ0) is 14.2. The van der Waals surface area contributed by atoms with Crippen molar-refractivity contribution in [1.82, 2.24) is 0 Å². The van der Waals surface area contributed by atoms with Crippen LogP contribution in [0.25, 0.3) is 0 Å². The minimum absolute atomic E-state index is 0.0507. The number of carbonyl (C=O) groups excluding carboxylic acids is 1. The van der Waals surface area contributed by atoms with E-state index < -0.39 is 0 Å². The molecule has 1 amide bonds. The Balaban J connectivity index is 2.25. The molecule has 1 N–H and O–H groups in total. The molecular weight excluding hydrogens is 238 g/mol. The second-order valence-corrected chi connectivity index (χ2v) is 6.45. The Morgan fingerprint density at radius 2 is 1.84 bits per heavy atom. The van der Waals surface area contributed by atoms with Crippen LogP contribution in [0.3, 0.4) is 0 Å². The molecule has 3 heteroatoms. The summed E-state index contributed by atoms with van der Waals surface area (Å²) in [6, 6.07) is 8.25. The van der Waals surface area contributed by atoms with Crippen molar-refractivity contribution in [3.05, 3.63) is 29.8 Å². The van der Waals surface area contributed by atoms with Crippen LogP contribution in [0.1, 0.15) is 39.7 Å². The van der Waals surface area contributed by atoms with Gasteiger partial charge in [0.2, 0.25) is 5.91 Å². The predicted molar refractivity (Wildman–Crippen MR) is 77.3 cm³/mol. The first-order valence-corrected chi connectivity index (χ1v) is 6.88. The minimum Gasteiger partial charge on any atom is -0.396 e. The van der Waals surface area contributed by atoms with Crippen molar-refractivity contribution in [3.8, 4) is 0 Å². The molecular formula is C16H23NO2. The van der Waals surface area contributed by atoms with Gasteiger partial charge in [-0.1, -0.05) is 32.9 Å². The van der Waals surface area contributed by atoms with Crippen molar-refractivity contribution in [1.29, 1.82) is 0 Å². The molecule has 19 heavy (non-hydrogen) atoms. The van der Waals surface area contributed by atoms with Gasteiger partial charge in [-0.05, 0) is 30.0 Å². The van der Waals surface area contributed by atoms with Gasteiger partial charge in [0.1, 0.15) is 0 Å². The summed E-state index contributed by atoms with van der Waals surface area (Å²) in [5.41, 5.74) is 2.31. The van der Waals surface area contributed by atoms with E-state index in [1.165, 1.54) is 5.56 Å². The van der Waals surface area contributed by atoms with Crippen LogP contribution in [0.5, 0.6) is 0 Å². The van der Waals surface area contributed by atoms with Crippen molar-refractivity contribution in [2.24, 2.45) is 5.92 Å². The molecule has 1 aromatic rings. The van der Waals surface area contributed by atoms with Crippen LogP contribution in [-0.4, -0.2) is 23.7 Å². The quantitative estimate of drug-likeness (QED) is 0.889. The highest BCUT2D eigenvalue weighted by atomic mass is 16.3. The second kappa shape index (κ2) is 4.97. The number of aliphatic hydroxyl groups excluding tert-OH is 1. The van der Waals surface area contributed by atoms with Gasteiger partial charge in [0.15, 0.2) is 0 Å². The van der Waals surface area contributed by atoms with Gasteiger partial charge >= 0.3 is 0 Å². The highest BCUT2D eigenvalue weighted by Crippen LogP contribution is 2.32. The minimum atomic E-state index is 0.0507. The lowest BCUT2D eigenvalue weighted by atomic mass is 9.87. The first kappa shape index (κ1) is 14.1. The number of hydrogen-bond donors (Lipinski definition) is 1. The maximum Gasteiger partial charge on any atom is 0.227 e. The van der Waals surface area contributed by atoms with Gasteiger partial charge in [-0.15, -0.1) is 0 Å². The highest BCUT2D eigenvalue weighted by molar-refractivity contribution is 5.96. The first-order valence-electron chi connectivity index (χ1n) is 6.88. The Labute approximate surface area is 115 Å². The number of rotatable bonds is 2. The Bertz CT molecular complexity index is 459. The topological polar surface area (TPSA) is 40.5 Å². The summed E-state index contributed by atoms with van der Waals surface area (Å²) in [5, 5.41) is 9.29. The van der Waals surface area contributed by atoms with E-state index in [-0.39, 0.29) is 29.9 Å². The monoisotopic (exact) mass is 261 g/mol. The number of hydrogen-bond acceptors (Lipinski definition) is 2. The van der Waals surface area contributed by atoms with E-state index in [2.05, 4.69) is 32.9 Å². The number of benzene rings is 1. The van der Waals surface area contributed by atoms with Crippen molar-refractivity contribution in [2.75, 3.05) is 11.5 Å². The molecule has 3 nitrogen and oxygen atoms in total. The van der Waals surface area contributed by atoms with Gasteiger partial charge < -0.3 is 10.0 Å². The van der Waals surface area contributed by atoms with Crippen LogP contribution < -0.4 is 4.90 Å². The number of nitrogens with zero attached hydrogens (tertiary/aromatic N) is 1. The van der Waals surface area contributed by atoms with E-state index in [9.17, 15) is 9.90 Å². The Hall–Kier alpha value is -1.35. The van der Waals surface area contributed by atoms with E-state index in [1.807, 2.05) is 24.0 Å². The number of aliphatic hydroxyl groups is 1. The zero-order valence-corrected chi connectivity index (χ0v) is 12.2. The smallest absolute Gasteiger partial charge is 0.227 e. The third-order valence-electron chi connectivity index (χ3n) is 4.04. The van der Waals surface area contributed by atoms with Crippen LogP contribution in [0.15, 0.2) is 24.3 Å². The summed E-state index contributed by atoms with van der Waals surface area (Å²) in [7, 11) is 0. The summed E-state index contributed by atoms with van der Waals surface area (Å²) < 4.78 is 0. The van der Waals surface area contributed by atoms with E-state index in [0.29, 0.717) is 6.42 Å². The molecule has 1 aromatic carbocycles. The summed E-state index contributed by atoms with van der Waals surface area (Å²) in [4.78, 5) is 13.9. The average molecular weight is 261 g/mol. The third-order valence-corrected chi connectivity index (χ3v) is 4.04. The largest absolute Gasteiger partial charge is 0.396 e. The van der Waals surface area contributed by atoms with E-state index in [1.54, 1.807) is 0 Å². The van der Waals surface area contributed by atoms with Gasteiger partial charge in [-0.3, -0.25) is 4.79 Å². The lowest BCUT2D eigenvalue weighted by Gasteiger charge is -2.25. The normalized spacial score (nSPS) is 24.1. The predicted octanol–water partition coefficient (Wildman–Crippen LogP) is 2.72. The summed E-state index contributed by atoms with van der Waals surface area (Å²) in [6.07, 6.45) is 0.443. The molecule has 2 rings (SSSR count). The molecule has 0 spiro atoms. The number of amides is 1. The van der Waals surface area contributed by atoms with Crippen molar-refractivity contribution in [3.63, 3.8) is 0 Å². The Morgan fingerprint density at radius 1 is 1.26 bits per heavy atom. The Kier molecular flexibility index (Phi) is 3.68. The fraction of sp³-hybridized carbons (Fsp3) is 0.562. The maximum atomic E-state index is 12.1. The van der Waals surface area contributed by atoms with Gasteiger partial charge in [-0.25, -0.2) is 0 Å². The van der Waals surface area contributed by atoms with E-state index in [4.69, 9.17) is 0 Å². The van der Waals surface area contributed by atoms with Gasteiger partial charge in [-0.2, -0.15) is 0 Å². The zero-order valence-electron chi connectivity index (χ0n) is 12.2. The molecule has 2 atom stereocenters. The van der Waals surface area contributed by atoms with Crippen molar-refractivity contribution >= 4 is 11.6 Å². The third kappa shape index (κ3) is 2.66. The summed E-state index contributed by atoms with van der Waals surface area (Å²) >= 11 is 0. The molecule has 0 saturated carbocycles. The molecule has 1 aliphatic rings. The molecule has 1 fully saturated rings. The van der Waals surface area contributed by atoms with Crippen LogP contribution in [-0.2, 0) is 10.2 Å². The summed E-state index contributed by atoms with van der Waals surface area (Å²) in [5.74, 6) is 0.157. The molecule has 0 aromatic heterocycles. The second-order valence-electron chi connectivity index (χ2n) is 6.45. The molecule has 2 unspecified atom stereocenters. The fourth-order valence-electron chi connectivity index (χ4n) is 2.65. The average Bonchev–Trinajstić information content (AvgIpc) is 2.63. The molecule has 1 saturated heterocycles. The molecule has 1 aliphatic heterocycles. The highest BCUT2D eigenvalue weighted by Gasteiger charge is 2.37. The fourth-order valence-corrected chi connectivity index (χ4v) is 2.65. The van der Waals surface area contributed by atoms with Crippen LogP contribution in [0.4, 0.5) is 5.69 Å². The standard InChI is InChI=1S/C16H23NO2/c1-11-12(10-18)9-15(19)17(11)14-7-5-13(6-8-14)16(2,3)4/h5-8,11-12,18H,9-10H2,1-4H3. The molecule has 1 heterocycles. The summed E-state index contributed by atoms with van der Waals surface area (Å²) in [6.45, 7) is 8.60. The van der Waals surface area contributed by atoms with Gasteiger partial charge in [0.05, 0.1) is 0 Å². The number of carbonyl (C=O) groups is 1. The van der Waals surface area contributed by atoms with Gasteiger partial charge in [0, 0.05) is 30.7 Å². The Morgan fingerprint density at radius 3 is 2.26 bits per heavy atom. The first-order chi connectivity index (χ1) is 8.84. The van der Waals surface area contributed by atoms with Crippen LogP contribution >= 0.6 is 0 Å². The van der Waals surface area contributed by atoms with Gasteiger partial charge in [0.25, 0.3) is 0 Å². The van der Waals surface area contributed by atoms with Crippen molar-refractivity contribution in [2.45, 2.75) is 45.6 Å². The molecule has 0 bridgehead atoms. The molecule has 0 radical (unpaired) electrons.